The minimum Gasteiger partial charge on any atom is -0.301 e. The van der Waals surface area contributed by atoms with Gasteiger partial charge in [0, 0.05) is 30.5 Å². The molecule has 3 fully saturated rings. The zero-order chi connectivity index (χ0) is 27.9. The summed E-state index contributed by atoms with van der Waals surface area (Å²) in [5.41, 5.74) is 0.352. The van der Waals surface area contributed by atoms with Gasteiger partial charge in [0.1, 0.15) is 5.78 Å². The minimum absolute atomic E-state index is 0.172. The molecule has 0 unspecified atom stereocenters. The van der Waals surface area contributed by atoms with Gasteiger partial charge >= 0.3 is 0 Å². The number of piperidine rings is 3. The number of carbonyl (C=O) groups is 1. The second kappa shape index (κ2) is 15.0. The molecule has 3 rings (SSSR count). The smallest absolute Gasteiger partial charge is 0.135 e. The Kier molecular flexibility index (Phi) is 12.6. The van der Waals surface area contributed by atoms with E-state index in [1.54, 1.807) is 0 Å². The maximum atomic E-state index is 13.0. The molecule has 0 aromatic rings. The van der Waals surface area contributed by atoms with E-state index in [9.17, 15) is 4.79 Å². The Labute approximate surface area is 237 Å². The van der Waals surface area contributed by atoms with Gasteiger partial charge in [-0.2, -0.15) is 0 Å². The van der Waals surface area contributed by atoms with E-state index in [2.05, 4.69) is 70.1 Å². The molecule has 0 N–H and O–H groups in total. The van der Waals surface area contributed by atoms with Crippen LogP contribution in [-0.2, 0) is 4.79 Å². The van der Waals surface area contributed by atoms with Crippen molar-refractivity contribution in [1.82, 2.24) is 14.7 Å². The Morgan fingerprint density at radius 1 is 0.579 bits per heavy atom. The van der Waals surface area contributed by atoms with Crippen LogP contribution in [0.15, 0.2) is 0 Å². The second-order valence-corrected chi connectivity index (χ2v) is 15.0. The summed E-state index contributed by atoms with van der Waals surface area (Å²) in [5.74, 6) is 3.18. The molecule has 0 radical (unpaired) electrons. The number of hydrogen-bond donors (Lipinski definition) is 0. The second-order valence-electron chi connectivity index (χ2n) is 15.0. The number of carbonyl (C=O) groups excluding carboxylic acids is 1. The third-order valence-electron chi connectivity index (χ3n) is 10.8. The molecule has 0 amide bonds. The lowest BCUT2D eigenvalue weighted by molar-refractivity contribution is -0.122. The van der Waals surface area contributed by atoms with Gasteiger partial charge in [-0.15, -0.1) is 0 Å². The van der Waals surface area contributed by atoms with Crippen molar-refractivity contribution in [1.29, 1.82) is 0 Å². The van der Waals surface area contributed by atoms with E-state index in [0.29, 0.717) is 29.3 Å². The van der Waals surface area contributed by atoms with Crippen LogP contribution >= 0.6 is 0 Å². The molecule has 0 saturated carbocycles. The van der Waals surface area contributed by atoms with E-state index in [0.717, 1.165) is 30.6 Å². The summed E-state index contributed by atoms with van der Waals surface area (Å²) in [7, 11) is 0. The highest BCUT2D eigenvalue weighted by molar-refractivity contribution is 5.80. The predicted octanol–water partition coefficient (Wildman–Crippen LogP) is 7.51. The van der Waals surface area contributed by atoms with Gasteiger partial charge in [0.25, 0.3) is 0 Å². The highest BCUT2D eigenvalue weighted by Gasteiger charge is 2.40. The fourth-order valence-electron chi connectivity index (χ4n) is 8.09. The van der Waals surface area contributed by atoms with Crippen LogP contribution in [-0.4, -0.2) is 77.9 Å². The van der Waals surface area contributed by atoms with Crippen LogP contribution in [0.3, 0.4) is 0 Å². The number of nitrogens with zero attached hydrogens (tertiary/aromatic N) is 3. The Bertz CT molecular complexity index is 604. The lowest BCUT2D eigenvalue weighted by Crippen LogP contribution is -2.43. The Morgan fingerprint density at radius 3 is 1.11 bits per heavy atom. The van der Waals surface area contributed by atoms with Crippen molar-refractivity contribution in [2.75, 3.05) is 39.3 Å². The molecule has 0 aliphatic carbocycles. The van der Waals surface area contributed by atoms with Gasteiger partial charge in [0.15, 0.2) is 0 Å². The Hall–Kier alpha value is -0.450. The van der Waals surface area contributed by atoms with Crippen molar-refractivity contribution in [2.45, 2.75) is 144 Å². The van der Waals surface area contributed by atoms with E-state index < -0.39 is 0 Å². The van der Waals surface area contributed by atoms with Gasteiger partial charge in [-0.05, 0) is 168 Å². The van der Waals surface area contributed by atoms with Crippen molar-refractivity contribution in [3.63, 3.8) is 0 Å². The fourth-order valence-corrected chi connectivity index (χ4v) is 8.09. The molecule has 222 valence electrons. The lowest BCUT2D eigenvalue weighted by Gasteiger charge is -2.47. The highest BCUT2D eigenvalue weighted by atomic mass is 16.1. The van der Waals surface area contributed by atoms with E-state index in [4.69, 9.17) is 0 Å². The Balaban J connectivity index is 1.78. The average molecular weight is 532 g/mol. The number of ketones is 1. The first kappa shape index (κ1) is 32.1. The van der Waals surface area contributed by atoms with Crippen molar-refractivity contribution < 1.29 is 4.79 Å². The lowest BCUT2D eigenvalue weighted by atomic mass is 9.62. The van der Waals surface area contributed by atoms with Gasteiger partial charge in [-0.25, -0.2) is 0 Å². The van der Waals surface area contributed by atoms with E-state index in [1.165, 1.54) is 97.1 Å². The maximum Gasteiger partial charge on any atom is 0.135 e. The van der Waals surface area contributed by atoms with E-state index in [1.807, 2.05) is 0 Å². The van der Waals surface area contributed by atoms with Crippen molar-refractivity contribution in [3.05, 3.63) is 0 Å². The third-order valence-corrected chi connectivity index (χ3v) is 10.8. The van der Waals surface area contributed by atoms with Crippen LogP contribution in [0.2, 0.25) is 0 Å². The van der Waals surface area contributed by atoms with Crippen LogP contribution in [0.1, 0.15) is 126 Å². The summed E-state index contributed by atoms with van der Waals surface area (Å²) in [6, 6.07) is 2.00. The summed E-state index contributed by atoms with van der Waals surface area (Å²) < 4.78 is 0. The fraction of sp³-hybridized carbons (Fsp3) is 0.971. The maximum absolute atomic E-state index is 13.0. The molecule has 3 saturated heterocycles. The summed E-state index contributed by atoms with van der Waals surface area (Å²) in [6.45, 7) is 26.0. The van der Waals surface area contributed by atoms with E-state index >= 15 is 0 Å². The van der Waals surface area contributed by atoms with Gasteiger partial charge in [-0.3, -0.25) is 4.79 Å². The van der Waals surface area contributed by atoms with Gasteiger partial charge < -0.3 is 14.7 Å². The largest absolute Gasteiger partial charge is 0.301 e. The zero-order valence-corrected chi connectivity index (χ0v) is 26.8. The highest BCUT2D eigenvalue weighted by Crippen LogP contribution is 2.49. The summed E-state index contributed by atoms with van der Waals surface area (Å²) in [4.78, 5) is 21.1. The predicted molar refractivity (Wildman–Crippen MR) is 164 cm³/mol. The molecule has 3 aliphatic rings. The normalized spacial score (nSPS) is 22.9. The van der Waals surface area contributed by atoms with Crippen LogP contribution in [0.4, 0.5) is 0 Å². The first-order valence-corrected chi connectivity index (χ1v) is 16.7. The first-order valence-electron chi connectivity index (χ1n) is 16.7. The summed E-state index contributed by atoms with van der Waals surface area (Å²) in [6.07, 6.45) is 14.2. The minimum atomic E-state index is 0.172. The van der Waals surface area contributed by atoms with Crippen LogP contribution in [0.25, 0.3) is 0 Å². The molecule has 0 aromatic carbocycles. The standard InChI is InChI=1S/C34H65N3O/c1-26(2)33(38)9-16-34(23-30-10-17-35(18-11-30)27(3)4,24-31-12-19-36(20-13-31)28(5)6)25-32-14-21-37(22-15-32)29(7)8/h26-32H,9-25H2,1-8H3. The van der Waals surface area contributed by atoms with Gasteiger partial charge in [0.2, 0.25) is 0 Å². The topological polar surface area (TPSA) is 26.8 Å². The monoisotopic (exact) mass is 532 g/mol. The molecule has 0 bridgehead atoms. The number of hydrogen-bond acceptors (Lipinski definition) is 4. The van der Waals surface area contributed by atoms with Gasteiger partial charge in [0.05, 0.1) is 0 Å². The number of likely N-dealkylation sites (tertiary alicyclic amines) is 3. The first-order chi connectivity index (χ1) is 18.0. The number of Topliss-reactive ketones (excluding diaryl/α,β-unsaturated/α-hetero) is 1. The molecule has 3 heterocycles. The summed E-state index contributed by atoms with van der Waals surface area (Å²) in [5, 5.41) is 0. The number of rotatable bonds is 13. The molecule has 0 atom stereocenters. The van der Waals surface area contributed by atoms with Crippen LogP contribution < -0.4 is 0 Å². The molecule has 4 nitrogen and oxygen atoms in total. The zero-order valence-electron chi connectivity index (χ0n) is 26.8. The van der Waals surface area contributed by atoms with Crippen LogP contribution in [0.5, 0.6) is 0 Å². The molecule has 4 heteroatoms. The third kappa shape index (κ3) is 9.58. The molecule has 0 spiro atoms. The molecule has 38 heavy (non-hydrogen) atoms. The molecular formula is C34H65N3O. The molecular weight excluding hydrogens is 466 g/mol. The average Bonchev–Trinajstić information content (AvgIpc) is 2.88. The van der Waals surface area contributed by atoms with Crippen molar-refractivity contribution in [3.8, 4) is 0 Å². The quantitative estimate of drug-likeness (QED) is 0.246. The van der Waals surface area contributed by atoms with Crippen molar-refractivity contribution in [2.24, 2.45) is 29.1 Å². The van der Waals surface area contributed by atoms with Crippen molar-refractivity contribution >= 4 is 5.78 Å². The summed E-state index contributed by atoms with van der Waals surface area (Å²) >= 11 is 0. The Morgan fingerprint density at radius 2 is 0.868 bits per heavy atom. The molecule has 0 aromatic heterocycles. The molecule has 3 aliphatic heterocycles. The van der Waals surface area contributed by atoms with E-state index in [-0.39, 0.29) is 5.92 Å². The SMILES string of the molecule is CC(C)C(=O)CCC(CC1CCN(C(C)C)CC1)(CC1CCN(C(C)C)CC1)CC1CCN(C(C)C)CC1. The van der Waals surface area contributed by atoms with Crippen LogP contribution in [0, 0.1) is 29.1 Å². The van der Waals surface area contributed by atoms with Gasteiger partial charge in [-0.1, -0.05) is 13.8 Å².